The third-order valence-electron chi connectivity index (χ3n) is 2.76. The summed E-state index contributed by atoms with van der Waals surface area (Å²) in [6.07, 6.45) is 1.16. The van der Waals surface area contributed by atoms with Crippen LogP contribution in [0.15, 0.2) is 23.1 Å². The zero-order chi connectivity index (χ0) is 13.4. The van der Waals surface area contributed by atoms with E-state index in [1.807, 2.05) is 0 Å². The Bertz CT molecular complexity index is 702. The van der Waals surface area contributed by atoms with Crippen molar-refractivity contribution in [3.63, 3.8) is 0 Å². The van der Waals surface area contributed by atoms with Crippen LogP contribution in [0, 0.1) is 0 Å². The number of hydrogen-bond acceptors (Lipinski definition) is 4. The van der Waals surface area contributed by atoms with E-state index in [0.29, 0.717) is 6.54 Å². The van der Waals surface area contributed by atoms with Gasteiger partial charge in [-0.1, -0.05) is 0 Å². The standard InChI is InChI=1S/C12H11NO5/c1-2-13-5-7(12(17)18)10(15)6-3-4-8(14)11(16)9(6)13/h3-5,14,16H,2H2,1H3,(H,17,18). The van der Waals surface area contributed by atoms with Crippen LogP contribution < -0.4 is 5.43 Å². The number of aromatic nitrogens is 1. The number of phenolic OH excluding ortho intramolecular Hbond substituents is 2. The summed E-state index contributed by atoms with van der Waals surface area (Å²) in [6.45, 7) is 2.09. The Kier molecular flexibility index (Phi) is 2.70. The van der Waals surface area contributed by atoms with Gasteiger partial charge in [-0.3, -0.25) is 4.79 Å². The molecular weight excluding hydrogens is 238 g/mol. The Morgan fingerprint density at radius 2 is 2.00 bits per heavy atom. The van der Waals surface area contributed by atoms with Gasteiger partial charge in [0, 0.05) is 12.7 Å². The van der Waals surface area contributed by atoms with Crippen LogP contribution in [0.25, 0.3) is 10.9 Å². The maximum absolute atomic E-state index is 11.9. The second-order valence-electron chi connectivity index (χ2n) is 3.79. The average Bonchev–Trinajstić information content (AvgIpc) is 2.34. The summed E-state index contributed by atoms with van der Waals surface area (Å²) in [7, 11) is 0. The van der Waals surface area contributed by atoms with Gasteiger partial charge in [-0.25, -0.2) is 4.79 Å². The first-order valence-electron chi connectivity index (χ1n) is 5.28. The van der Waals surface area contributed by atoms with Crippen molar-refractivity contribution in [1.29, 1.82) is 0 Å². The summed E-state index contributed by atoms with van der Waals surface area (Å²) in [5.41, 5.74) is -0.917. The van der Waals surface area contributed by atoms with Crippen LogP contribution in [-0.4, -0.2) is 25.9 Å². The van der Waals surface area contributed by atoms with Crippen LogP contribution in [0.2, 0.25) is 0 Å². The van der Waals surface area contributed by atoms with Crippen molar-refractivity contribution < 1.29 is 20.1 Å². The Morgan fingerprint density at radius 1 is 1.33 bits per heavy atom. The minimum absolute atomic E-state index is 0.0621. The van der Waals surface area contributed by atoms with Crippen molar-refractivity contribution in [2.75, 3.05) is 0 Å². The van der Waals surface area contributed by atoms with E-state index in [1.165, 1.54) is 10.6 Å². The van der Waals surface area contributed by atoms with E-state index in [-0.39, 0.29) is 22.2 Å². The number of carboxylic acids is 1. The molecule has 0 aliphatic rings. The van der Waals surface area contributed by atoms with Crippen LogP contribution in [0.4, 0.5) is 0 Å². The van der Waals surface area contributed by atoms with E-state index >= 15 is 0 Å². The molecule has 0 fully saturated rings. The third kappa shape index (κ3) is 1.58. The Hall–Kier alpha value is -2.50. The molecular formula is C12H11NO5. The Morgan fingerprint density at radius 3 is 2.56 bits per heavy atom. The van der Waals surface area contributed by atoms with Crippen LogP contribution in [-0.2, 0) is 6.54 Å². The highest BCUT2D eigenvalue weighted by Gasteiger charge is 2.17. The number of phenols is 2. The smallest absolute Gasteiger partial charge is 0.341 e. The van der Waals surface area contributed by atoms with Gasteiger partial charge in [-0.05, 0) is 19.1 Å². The number of aromatic carboxylic acids is 1. The zero-order valence-electron chi connectivity index (χ0n) is 9.54. The number of benzene rings is 1. The highest BCUT2D eigenvalue weighted by atomic mass is 16.4. The Balaban J connectivity index is 3.03. The lowest BCUT2D eigenvalue weighted by Gasteiger charge is -2.11. The number of pyridine rings is 1. The summed E-state index contributed by atoms with van der Waals surface area (Å²) in [5.74, 6) is -2.10. The van der Waals surface area contributed by atoms with Gasteiger partial charge in [0.05, 0.1) is 10.9 Å². The summed E-state index contributed by atoms with van der Waals surface area (Å²) >= 11 is 0. The van der Waals surface area contributed by atoms with Gasteiger partial charge in [0.1, 0.15) is 5.56 Å². The van der Waals surface area contributed by atoms with Crippen LogP contribution in [0.3, 0.4) is 0 Å². The van der Waals surface area contributed by atoms with Gasteiger partial charge in [0.2, 0.25) is 5.43 Å². The topological polar surface area (TPSA) is 99.8 Å². The fourth-order valence-corrected chi connectivity index (χ4v) is 1.87. The molecule has 0 saturated heterocycles. The number of nitrogens with zero attached hydrogens (tertiary/aromatic N) is 1. The lowest BCUT2D eigenvalue weighted by atomic mass is 10.1. The number of carbonyl (C=O) groups is 1. The largest absolute Gasteiger partial charge is 0.504 e. The van der Waals surface area contributed by atoms with Crippen molar-refractivity contribution in [3.05, 3.63) is 34.1 Å². The van der Waals surface area contributed by atoms with E-state index in [0.717, 1.165) is 12.3 Å². The fourth-order valence-electron chi connectivity index (χ4n) is 1.87. The molecule has 94 valence electrons. The molecule has 0 atom stereocenters. The normalized spacial score (nSPS) is 10.7. The van der Waals surface area contributed by atoms with Crippen molar-refractivity contribution >= 4 is 16.9 Å². The minimum atomic E-state index is -1.32. The molecule has 1 aromatic heterocycles. The second kappa shape index (κ2) is 4.06. The third-order valence-corrected chi connectivity index (χ3v) is 2.76. The van der Waals surface area contributed by atoms with Crippen molar-refractivity contribution in [1.82, 2.24) is 4.57 Å². The lowest BCUT2D eigenvalue weighted by Crippen LogP contribution is -2.18. The van der Waals surface area contributed by atoms with E-state index < -0.39 is 17.1 Å². The number of aromatic hydroxyl groups is 2. The quantitative estimate of drug-likeness (QED) is 0.693. The molecule has 0 saturated carbocycles. The molecule has 1 aromatic carbocycles. The van der Waals surface area contributed by atoms with Gasteiger partial charge >= 0.3 is 5.97 Å². The first-order chi connectivity index (χ1) is 8.47. The molecule has 2 aromatic rings. The van der Waals surface area contributed by atoms with Gasteiger partial charge in [-0.2, -0.15) is 0 Å². The van der Waals surface area contributed by atoms with E-state index in [1.54, 1.807) is 6.92 Å². The molecule has 3 N–H and O–H groups in total. The number of carboxylic acid groups (broad SMARTS) is 1. The highest BCUT2D eigenvalue weighted by molar-refractivity contribution is 5.95. The summed E-state index contributed by atoms with van der Waals surface area (Å²) in [4.78, 5) is 22.9. The number of aryl methyl sites for hydroxylation is 1. The predicted molar refractivity (Wildman–Crippen MR) is 64.2 cm³/mol. The predicted octanol–water partition coefficient (Wildman–Crippen LogP) is 1.13. The first-order valence-corrected chi connectivity index (χ1v) is 5.28. The fraction of sp³-hybridized carbons (Fsp3) is 0.167. The molecule has 0 amide bonds. The van der Waals surface area contributed by atoms with E-state index in [9.17, 15) is 19.8 Å². The molecule has 18 heavy (non-hydrogen) atoms. The van der Waals surface area contributed by atoms with E-state index in [4.69, 9.17) is 5.11 Å². The van der Waals surface area contributed by atoms with Gasteiger partial charge in [0.25, 0.3) is 0 Å². The second-order valence-corrected chi connectivity index (χ2v) is 3.79. The van der Waals surface area contributed by atoms with Gasteiger partial charge in [0.15, 0.2) is 11.5 Å². The van der Waals surface area contributed by atoms with Crippen LogP contribution in [0.1, 0.15) is 17.3 Å². The molecule has 6 heteroatoms. The van der Waals surface area contributed by atoms with Crippen molar-refractivity contribution in [2.45, 2.75) is 13.5 Å². The summed E-state index contributed by atoms with van der Waals surface area (Å²) in [5, 5.41) is 28.2. The monoisotopic (exact) mass is 249 g/mol. The highest BCUT2D eigenvalue weighted by Crippen LogP contribution is 2.32. The molecule has 1 heterocycles. The number of fused-ring (bicyclic) bond motifs is 1. The van der Waals surface area contributed by atoms with Crippen molar-refractivity contribution in [3.8, 4) is 11.5 Å². The summed E-state index contributed by atoms with van der Waals surface area (Å²) in [6, 6.07) is 2.45. The molecule has 6 nitrogen and oxygen atoms in total. The zero-order valence-corrected chi connectivity index (χ0v) is 9.54. The Labute approximate surface area is 101 Å². The average molecular weight is 249 g/mol. The SMILES string of the molecule is CCn1cc(C(=O)O)c(=O)c2ccc(O)c(O)c21. The maximum Gasteiger partial charge on any atom is 0.341 e. The molecule has 0 unspecified atom stereocenters. The van der Waals surface area contributed by atoms with Crippen molar-refractivity contribution in [2.24, 2.45) is 0 Å². The molecule has 2 rings (SSSR count). The molecule has 0 aliphatic carbocycles. The lowest BCUT2D eigenvalue weighted by molar-refractivity contribution is 0.0695. The number of rotatable bonds is 2. The van der Waals surface area contributed by atoms with Crippen LogP contribution >= 0.6 is 0 Å². The summed E-state index contributed by atoms with van der Waals surface area (Å²) < 4.78 is 1.41. The minimum Gasteiger partial charge on any atom is -0.504 e. The first kappa shape index (κ1) is 12.0. The van der Waals surface area contributed by atoms with Gasteiger partial charge in [-0.15, -0.1) is 0 Å². The molecule has 0 radical (unpaired) electrons. The van der Waals surface area contributed by atoms with Gasteiger partial charge < -0.3 is 19.9 Å². The number of hydrogen-bond donors (Lipinski definition) is 3. The molecule has 0 bridgehead atoms. The molecule has 0 spiro atoms. The molecule has 0 aliphatic heterocycles. The van der Waals surface area contributed by atoms with Crippen LogP contribution in [0.5, 0.6) is 11.5 Å². The van der Waals surface area contributed by atoms with E-state index in [2.05, 4.69) is 0 Å². The maximum atomic E-state index is 11.9.